The van der Waals surface area contributed by atoms with Crippen LogP contribution in [0.15, 0.2) is 34.9 Å². The lowest BCUT2D eigenvalue weighted by Crippen LogP contribution is -2.45. The van der Waals surface area contributed by atoms with Crippen LogP contribution in [0.4, 0.5) is 0 Å². The molecule has 0 saturated carbocycles. The zero-order valence-electron chi connectivity index (χ0n) is 15.0. The molecule has 1 aromatic carbocycles. The lowest BCUT2D eigenvalue weighted by Gasteiger charge is -2.31. The Bertz CT molecular complexity index is 737. The number of carbonyl (C=O) groups is 1. The molecule has 1 aliphatic rings. The van der Waals surface area contributed by atoms with Gasteiger partial charge in [-0.05, 0) is 25.0 Å². The minimum Gasteiger partial charge on any atom is -0.496 e. The van der Waals surface area contributed by atoms with Gasteiger partial charge in [0.05, 0.1) is 24.4 Å². The number of aromatic nitrogens is 1. The van der Waals surface area contributed by atoms with Crippen LogP contribution < -0.4 is 15.4 Å². The van der Waals surface area contributed by atoms with Crippen LogP contribution in [0, 0.1) is 5.41 Å². The Balaban J connectivity index is 1.73. The summed E-state index contributed by atoms with van der Waals surface area (Å²) in [5.41, 5.74) is 1.54. The topological polar surface area (TPSA) is 76.4 Å². The summed E-state index contributed by atoms with van der Waals surface area (Å²) in [6, 6.07) is 7.40. The van der Waals surface area contributed by atoms with E-state index in [9.17, 15) is 4.79 Å². The Kier molecular flexibility index (Phi) is 5.08. The molecular formula is C19H25N3O3. The summed E-state index contributed by atoms with van der Waals surface area (Å²) in [5, 5.41) is 6.35. The number of nitrogens with zero attached hydrogens (tertiary/aromatic N) is 1. The number of methoxy groups -OCH3 is 1. The van der Waals surface area contributed by atoms with Gasteiger partial charge in [0, 0.05) is 18.5 Å². The number of rotatable bonds is 7. The summed E-state index contributed by atoms with van der Waals surface area (Å²) in [6.45, 7) is 5.48. The highest BCUT2D eigenvalue weighted by Gasteiger charge is 2.45. The number of hydrogen-bond acceptors (Lipinski definition) is 5. The van der Waals surface area contributed by atoms with Crippen molar-refractivity contribution in [1.29, 1.82) is 0 Å². The van der Waals surface area contributed by atoms with E-state index in [1.165, 1.54) is 0 Å². The van der Waals surface area contributed by atoms with Crippen molar-refractivity contribution in [2.75, 3.05) is 13.7 Å². The fourth-order valence-corrected chi connectivity index (χ4v) is 3.50. The normalized spacial score (nSPS) is 19.0. The fraction of sp³-hybridized carbons (Fsp3) is 0.474. The maximum absolute atomic E-state index is 12.2. The van der Waals surface area contributed by atoms with E-state index < -0.39 is 0 Å². The SMILES string of the molecule is CCC1(CC)CNC(=O)C1NCc1coc(-c2ccccc2OC)n1. The van der Waals surface area contributed by atoms with Crippen molar-refractivity contribution in [2.45, 2.75) is 39.3 Å². The number of carbonyl (C=O) groups excluding carboxylic acids is 1. The van der Waals surface area contributed by atoms with Crippen molar-refractivity contribution in [3.63, 3.8) is 0 Å². The summed E-state index contributed by atoms with van der Waals surface area (Å²) in [4.78, 5) is 16.7. The molecule has 1 unspecified atom stereocenters. The number of nitrogens with one attached hydrogen (secondary N) is 2. The lowest BCUT2D eigenvalue weighted by molar-refractivity contribution is -0.122. The van der Waals surface area contributed by atoms with E-state index in [2.05, 4.69) is 29.5 Å². The predicted molar refractivity (Wildman–Crippen MR) is 95.1 cm³/mol. The first-order valence-electron chi connectivity index (χ1n) is 8.72. The van der Waals surface area contributed by atoms with Gasteiger partial charge < -0.3 is 14.5 Å². The second-order valence-corrected chi connectivity index (χ2v) is 6.45. The predicted octanol–water partition coefficient (Wildman–Crippen LogP) is 2.74. The Morgan fingerprint density at radius 1 is 1.36 bits per heavy atom. The summed E-state index contributed by atoms with van der Waals surface area (Å²) in [5.74, 6) is 1.30. The van der Waals surface area contributed by atoms with Gasteiger partial charge in [0.2, 0.25) is 11.8 Å². The maximum atomic E-state index is 12.2. The van der Waals surface area contributed by atoms with Crippen molar-refractivity contribution in [3.8, 4) is 17.2 Å². The number of para-hydroxylation sites is 1. The molecule has 1 aromatic heterocycles. The third-order valence-corrected chi connectivity index (χ3v) is 5.27. The van der Waals surface area contributed by atoms with Gasteiger partial charge in [0.25, 0.3) is 0 Å². The van der Waals surface area contributed by atoms with E-state index >= 15 is 0 Å². The molecule has 0 spiro atoms. The van der Waals surface area contributed by atoms with Gasteiger partial charge >= 0.3 is 0 Å². The monoisotopic (exact) mass is 343 g/mol. The highest BCUT2D eigenvalue weighted by Crippen LogP contribution is 2.34. The van der Waals surface area contributed by atoms with E-state index in [1.54, 1.807) is 13.4 Å². The van der Waals surface area contributed by atoms with Crippen molar-refractivity contribution in [1.82, 2.24) is 15.6 Å². The van der Waals surface area contributed by atoms with Crippen LogP contribution in [0.1, 0.15) is 32.4 Å². The second kappa shape index (κ2) is 7.27. The first-order valence-corrected chi connectivity index (χ1v) is 8.72. The summed E-state index contributed by atoms with van der Waals surface area (Å²) in [6.07, 6.45) is 3.53. The number of hydrogen-bond donors (Lipinski definition) is 2. The van der Waals surface area contributed by atoms with Crippen molar-refractivity contribution in [2.24, 2.45) is 5.41 Å². The highest BCUT2D eigenvalue weighted by molar-refractivity contribution is 5.85. The van der Waals surface area contributed by atoms with E-state index in [-0.39, 0.29) is 17.4 Å². The van der Waals surface area contributed by atoms with Gasteiger partial charge in [-0.15, -0.1) is 0 Å². The van der Waals surface area contributed by atoms with Crippen LogP contribution >= 0.6 is 0 Å². The molecule has 0 radical (unpaired) electrons. The van der Waals surface area contributed by atoms with Gasteiger partial charge in [0.1, 0.15) is 12.0 Å². The van der Waals surface area contributed by atoms with Crippen LogP contribution in [0.5, 0.6) is 5.75 Å². The molecule has 1 atom stereocenters. The zero-order chi connectivity index (χ0) is 17.9. The van der Waals surface area contributed by atoms with Crippen LogP contribution in [-0.2, 0) is 11.3 Å². The zero-order valence-corrected chi connectivity index (χ0v) is 15.0. The molecule has 3 rings (SSSR count). The molecule has 2 N–H and O–H groups in total. The number of amides is 1. The van der Waals surface area contributed by atoms with E-state index in [0.29, 0.717) is 12.4 Å². The Morgan fingerprint density at radius 3 is 2.84 bits per heavy atom. The van der Waals surface area contributed by atoms with E-state index in [0.717, 1.165) is 36.4 Å². The number of ether oxygens (including phenoxy) is 1. The fourth-order valence-electron chi connectivity index (χ4n) is 3.50. The van der Waals surface area contributed by atoms with Crippen LogP contribution in [0.3, 0.4) is 0 Å². The molecular weight excluding hydrogens is 318 g/mol. The van der Waals surface area contributed by atoms with Gasteiger partial charge in [-0.3, -0.25) is 10.1 Å². The smallest absolute Gasteiger partial charge is 0.237 e. The molecule has 1 amide bonds. The van der Waals surface area contributed by atoms with Crippen molar-refractivity contribution >= 4 is 5.91 Å². The van der Waals surface area contributed by atoms with Gasteiger partial charge in [0.15, 0.2) is 0 Å². The van der Waals surface area contributed by atoms with Crippen molar-refractivity contribution < 1.29 is 13.9 Å². The third-order valence-electron chi connectivity index (χ3n) is 5.27. The molecule has 6 nitrogen and oxygen atoms in total. The molecule has 1 aliphatic heterocycles. The van der Waals surface area contributed by atoms with Crippen LogP contribution in [-0.4, -0.2) is 30.6 Å². The Labute approximate surface area is 148 Å². The van der Waals surface area contributed by atoms with Gasteiger partial charge in [-0.25, -0.2) is 4.98 Å². The molecule has 6 heteroatoms. The van der Waals surface area contributed by atoms with Gasteiger partial charge in [-0.1, -0.05) is 26.0 Å². The molecule has 1 fully saturated rings. The van der Waals surface area contributed by atoms with E-state index in [1.807, 2.05) is 24.3 Å². The Hall–Kier alpha value is -2.34. The molecule has 0 aliphatic carbocycles. The van der Waals surface area contributed by atoms with Crippen molar-refractivity contribution in [3.05, 3.63) is 36.2 Å². The lowest BCUT2D eigenvalue weighted by atomic mass is 9.77. The number of benzene rings is 1. The minimum atomic E-state index is -0.200. The molecule has 2 aromatic rings. The highest BCUT2D eigenvalue weighted by atomic mass is 16.5. The van der Waals surface area contributed by atoms with Gasteiger partial charge in [-0.2, -0.15) is 0 Å². The Morgan fingerprint density at radius 2 is 2.12 bits per heavy atom. The molecule has 134 valence electrons. The average Bonchev–Trinajstić information content (AvgIpc) is 3.25. The summed E-state index contributed by atoms with van der Waals surface area (Å²) in [7, 11) is 1.62. The average molecular weight is 343 g/mol. The first kappa shape index (κ1) is 17.5. The molecule has 0 bridgehead atoms. The molecule has 1 saturated heterocycles. The summed E-state index contributed by atoms with van der Waals surface area (Å²) >= 11 is 0. The quantitative estimate of drug-likeness (QED) is 0.808. The van der Waals surface area contributed by atoms with Crippen LogP contribution in [0.25, 0.3) is 11.5 Å². The van der Waals surface area contributed by atoms with E-state index in [4.69, 9.17) is 9.15 Å². The third kappa shape index (κ3) is 3.26. The molecule has 2 heterocycles. The van der Waals surface area contributed by atoms with Crippen LogP contribution in [0.2, 0.25) is 0 Å². The maximum Gasteiger partial charge on any atom is 0.237 e. The minimum absolute atomic E-state index is 0.0354. The first-order chi connectivity index (χ1) is 12.1. The molecule has 25 heavy (non-hydrogen) atoms. The number of oxazole rings is 1. The summed E-state index contributed by atoms with van der Waals surface area (Å²) < 4.78 is 11.0. The largest absolute Gasteiger partial charge is 0.496 e. The standard InChI is InChI=1S/C19H25N3O3/c1-4-19(5-2)12-21-17(23)16(19)20-10-13-11-25-18(22-13)14-8-6-7-9-15(14)24-3/h6-9,11,16,20H,4-5,10,12H2,1-3H3,(H,21,23). The second-order valence-electron chi connectivity index (χ2n) is 6.45.